The van der Waals surface area contributed by atoms with E-state index in [0.29, 0.717) is 16.2 Å². The van der Waals surface area contributed by atoms with Crippen LogP contribution in [0.5, 0.6) is 0 Å². The minimum Gasteiger partial charge on any atom is -0.0616 e. The van der Waals surface area contributed by atoms with Crippen molar-refractivity contribution in [2.24, 2.45) is 45.8 Å². The van der Waals surface area contributed by atoms with Gasteiger partial charge in [-0.05, 0) is 46.8 Å². The number of hydrogen-bond acceptors (Lipinski definition) is 0. The third-order valence-electron chi connectivity index (χ3n) is 8.54. The van der Waals surface area contributed by atoms with Crippen LogP contribution in [0, 0.1) is 45.8 Å². The van der Waals surface area contributed by atoms with Gasteiger partial charge in [0, 0.05) is 5.41 Å². The van der Waals surface area contributed by atoms with Gasteiger partial charge in [0.05, 0.1) is 0 Å². The summed E-state index contributed by atoms with van der Waals surface area (Å²) in [5.74, 6) is 4.48. The summed E-state index contributed by atoms with van der Waals surface area (Å²) in [6.07, 6.45) is 1.49. The number of hydrogen-bond donors (Lipinski definition) is 0. The topological polar surface area (TPSA) is 0 Å². The van der Waals surface area contributed by atoms with Crippen LogP contribution in [0.1, 0.15) is 54.9 Å². The van der Waals surface area contributed by atoms with E-state index < -0.39 is 0 Å². The normalized spacial score (nSPS) is 58.7. The van der Waals surface area contributed by atoms with Crippen LogP contribution in [-0.2, 0) is 0 Å². The summed E-state index contributed by atoms with van der Waals surface area (Å²) in [7, 11) is 0. The average molecular weight is 244 g/mol. The molecule has 2 saturated carbocycles. The van der Waals surface area contributed by atoms with Gasteiger partial charge in [0.15, 0.2) is 0 Å². The van der Waals surface area contributed by atoms with E-state index >= 15 is 0 Å². The Morgan fingerprint density at radius 3 is 2.22 bits per heavy atom. The molecule has 0 saturated heterocycles. The Kier molecular flexibility index (Phi) is 1.69. The third kappa shape index (κ3) is 0.745. The molecule has 0 aliphatic heterocycles. The first-order chi connectivity index (χ1) is 8.22. The predicted octanol–water partition coefficient (Wildman–Crippen LogP) is 4.91. The zero-order chi connectivity index (χ0) is 13.2. The van der Waals surface area contributed by atoms with Crippen molar-refractivity contribution in [2.75, 3.05) is 0 Å². The van der Waals surface area contributed by atoms with Crippen molar-refractivity contribution >= 4 is 0 Å². The lowest BCUT2D eigenvalue weighted by Gasteiger charge is -2.70. The molecule has 0 aromatic rings. The predicted molar refractivity (Wildman–Crippen MR) is 76.1 cm³/mol. The van der Waals surface area contributed by atoms with Gasteiger partial charge in [-0.25, -0.2) is 0 Å². The molecule has 0 aromatic heterocycles. The smallest absolute Gasteiger partial charge is 0.0158 e. The quantitative estimate of drug-likeness (QED) is 0.575. The molecule has 6 unspecified atom stereocenters. The molecule has 0 bridgehead atoms. The van der Waals surface area contributed by atoms with Crippen LogP contribution in [0.4, 0.5) is 0 Å². The van der Waals surface area contributed by atoms with E-state index in [1.54, 1.807) is 0 Å². The molecule has 4 rings (SSSR count). The monoisotopic (exact) mass is 244 g/mol. The Morgan fingerprint density at radius 1 is 1.06 bits per heavy atom. The minimum absolute atomic E-state index is 0.555. The van der Waals surface area contributed by atoms with Gasteiger partial charge in [0.2, 0.25) is 0 Å². The van der Waals surface area contributed by atoms with E-state index in [-0.39, 0.29) is 0 Å². The molecule has 100 valence electrons. The average Bonchev–Trinajstić information content (AvgIpc) is 2.82. The molecule has 2 fully saturated rings. The third-order valence-corrected chi connectivity index (χ3v) is 8.54. The second-order valence-electron chi connectivity index (χ2n) is 8.82. The summed E-state index contributed by atoms with van der Waals surface area (Å²) in [6, 6.07) is 0. The van der Waals surface area contributed by atoms with E-state index in [4.69, 9.17) is 0 Å². The van der Waals surface area contributed by atoms with Crippen LogP contribution < -0.4 is 0 Å². The molecule has 18 heavy (non-hydrogen) atoms. The molecular weight excluding hydrogens is 216 g/mol. The standard InChI is InChI=1S/C18H28/c1-9(2)18-8-12-14-15(18)13(18)10(3)11(4)17(14,7)16(12,5)6/h9-12,14H,8H2,1-7H3. The maximum absolute atomic E-state index is 2.60. The Labute approximate surface area is 112 Å². The Hall–Kier alpha value is -0.260. The van der Waals surface area contributed by atoms with Crippen LogP contribution in [0.2, 0.25) is 0 Å². The van der Waals surface area contributed by atoms with Gasteiger partial charge in [0.25, 0.3) is 0 Å². The first kappa shape index (κ1) is 11.6. The molecule has 0 N–H and O–H groups in total. The zero-order valence-electron chi connectivity index (χ0n) is 13.1. The van der Waals surface area contributed by atoms with Crippen LogP contribution in [0.25, 0.3) is 0 Å². The van der Waals surface area contributed by atoms with Crippen molar-refractivity contribution in [3.63, 3.8) is 0 Å². The lowest BCUT2D eigenvalue weighted by atomic mass is 9.34. The fraction of sp³-hybridized carbons (Fsp3) is 0.889. The highest BCUT2D eigenvalue weighted by Gasteiger charge is 2.82. The fourth-order valence-electron chi connectivity index (χ4n) is 6.95. The molecule has 0 nitrogen and oxygen atoms in total. The Morgan fingerprint density at radius 2 is 1.67 bits per heavy atom. The minimum atomic E-state index is 0.555. The van der Waals surface area contributed by atoms with Gasteiger partial charge in [-0.2, -0.15) is 0 Å². The molecule has 4 aliphatic carbocycles. The summed E-state index contributed by atoms with van der Waals surface area (Å²) in [6.45, 7) is 17.7. The molecule has 6 atom stereocenters. The molecule has 0 heteroatoms. The fourth-order valence-corrected chi connectivity index (χ4v) is 6.95. The van der Waals surface area contributed by atoms with Crippen molar-refractivity contribution in [3.8, 4) is 0 Å². The maximum atomic E-state index is 2.60. The van der Waals surface area contributed by atoms with Crippen molar-refractivity contribution in [1.29, 1.82) is 0 Å². The Balaban J connectivity index is 1.90. The van der Waals surface area contributed by atoms with E-state index in [1.807, 2.05) is 11.1 Å². The van der Waals surface area contributed by atoms with Gasteiger partial charge >= 0.3 is 0 Å². The van der Waals surface area contributed by atoms with Crippen LogP contribution in [0.15, 0.2) is 11.1 Å². The highest BCUT2D eigenvalue weighted by Crippen LogP contribution is 2.89. The maximum Gasteiger partial charge on any atom is 0.0158 e. The second-order valence-corrected chi connectivity index (χ2v) is 8.82. The lowest BCUT2D eigenvalue weighted by Crippen LogP contribution is -2.64. The summed E-state index contributed by atoms with van der Waals surface area (Å²) >= 11 is 0. The molecule has 0 heterocycles. The Bertz CT molecular complexity index is 480. The van der Waals surface area contributed by atoms with Gasteiger partial charge in [-0.1, -0.05) is 59.6 Å². The van der Waals surface area contributed by atoms with Crippen molar-refractivity contribution < 1.29 is 0 Å². The van der Waals surface area contributed by atoms with Crippen LogP contribution >= 0.6 is 0 Å². The van der Waals surface area contributed by atoms with Gasteiger partial charge in [-0.3, -0.25) is 0 Å². The zero-order valence-corrected chi connectivity index (χ0v) is 13.1. The summed E-state index contributed by atoms with van der Waals surface area (Å²) in [5.41, 5.74) is 5.59. The largest absolute Gasteiger partial charge is 0.0616 e. The molecule has 0 radical (unpaired) electrons. The highest BCUT2D eigenvalue weighted by atomic mass is 14.9. The van der Waals surface area contributed by atoms with E-state index in [2.05, 4.69) is 48.5 Å². The molecule has 0 spiro atoms. The van der Waals surface area contributed by atoms with E-state index in [1.165, 1.54) is 6.42 Å². The van der Waals surface area contributed by atoms with Crippen molar-refractivity contribution in [2.45, 2.75) is 54.9 Å². The highest BCUT2D eigenvalue weighted by molar-refractivity contribution is 5.62. The van der Waals surface area contributed by atoms with E-state index in [9.17, 15) is 0 Å². The summed E-state index contributed by atoms with van der Waals surface area (Å²) in [4.78, 5) is 0. The van der Waals surface area contributed by atoms with Crippen molar-refractivity contribution in [3.05, 3.63) is 11.1 Å². The van der Waals surface area contributed by atoms with Crippen LogP contribution in [-0.4, -0.2) is 0 Å². The number of allylic oxidation sites excluding steroid dienone is 2. The first-order valence-corrected chi connectivity index (χ1v) is 7.97. The first-order valence-electron chi connectivity index (χ1n) is 7.97. The van der Waals surface area contributed by atoms with Gasteiger partial charge in [0.1, 0.15) is 0 Å². The molecule has 0 amide bonds. The summed E-state index contributed by atoms with van der Waals surface area (Å²) in [5, 5.41) is 0. The number of rotatable bonds is 1. The van der Waals surface area contributed by atoms with Crippen LogP contribution in [0.3, 0.4) is 0 Å². The molecule has 0 aromatic carbocycles. The summed E-state index contributed by atoms with van der Waals surface area (Å²) < 4.78 is 0. The SMILES string of the molecule is CC1C2=C3C4C(CC23C(C)C)C(C)(C)C4(C)C1C. The lowest BCUT2D eigenvalue weighted by molar-refractivity contribution is -0.199. The number of fused-ring (bicyclic) bond motifs is 1. The molecule has 4 aliphatic rings. The van der Waals surface area contributed by atoms with Crippen molar-refractivity contribution in [1.82, 2.24) is 0 Å². The van der Waals surface area contributed by atoms with Gasteiger partial charge < -0.3 is 0 Å². The van der Waals surface area contributed by atoms with E-state index in [0.717, 1.165) is 29.6 Å². The second kappa shape index (κ2) is 2.63. The van der Waals surface area contributed by atoms with Gasteiger partial charge in [-0.15, -0.1) is 0 Å². The molecular formula is C18H28.